The number of hydrogen-bond donors (Lipinski definition) is 2. The van der Waals surface area contributed by atoms with Crippen LogP contribution in [0.3, 0.4) is 0 Å². The van der Waals surface area contributed by atoms with Gasteiger partial charge in [-0.2, -0.15) is 0 Å². The minimum atomic E-state index is -2.28. The van der Waals surface area contributed by atoms with Crippen LogP contribution in [-0.2, 0) is 4.43 Å². The van der Waals surface area contributed by atoms with E-state index in [1.54, 1.807) is 5.32 Å². The van der Waals surface area contributed by atoms with Gasteiger partial charge in [0.1, 0.15) is 16.2 Å². The third-order valence-electron chi connectivity index (χ3n) is 3.49. The molecule has 0 spiro atoms. The lowest BCUT2D eigenvalue weighted by Gasteiger charge is -2.23. The summed E-state index contributed by atoms with van der Waals surface area (Å²) in [5, 5.41) is 3.93. The number of nitrogens with one attached hydrogen (secondary N) is 2. The van der Waals surface area contributed by atoms with Gasteiger partial charge in [-0.05, 0) is 33.1 Å². The quantitative estimate of drug-likeness (QED) is 0.255. The van der Waals surface area contributed by atoms with Crippen LogP contribution >= 0.6 is 0 Å². The van der Waals surface area contributed by atoms with E-state index in [1.165, 1.54) is 0 Å². The fourth-order valence-electron chi connectivity index (χ4n) is 1.85. The van der Waals surface area contributed by atoms with Crippen LogP contribution in [0.1, 0.15) is 33.1 Å². The van der Waals surface area contributed by atoms with E-state index in [9.17, 15) is 26.7 Å². The molecule has 2 amide bonds. The summed E-state index contributed by atoms with van der Waals surface area (Å²) in [6.07, 6.45) is 2.06. The predicted molar refractivity (Wildman–Crippen MR) is 82.2 cm³/mol. The van der Waals surface area contributed by atoms with Crippen molar-refractivity contribution in [3.05, 3.63) is 29.1 Å². The molecule has 10 heteroatoms. The Labute approximate surface area is 139 Å². The summed E-state index contributed by atoms with van der Waals surface area (Å²) in [4.78, 5) is 11.5. The number of carbonyl (C=O) groups is 1. The van der Waals surface area contributed by atoms with E-state index < -0.39 is 40.8 Å². The van der Waals surface area contributed by atoms with Gasteiger partial charge in [-0.1, -0.05) is 0 Å². The number of unbranched alkanes of at least 4 members (excludes halogenated alkanes) is 1. The Hall–Kier alpha value is -1.68. The van der Waals surface area contributed by atoms with Crippen LogP contribution in [0.25, 0.3) is 0 Å². The van der Waals surface area contributed by atoms with Crippen molar-refractivity contribution in [3.63, 3.8) is 0 Å². The first-order chi connectivity index (χ1) is 11.1. The van der Waals surface area contributed by atoms with E-state index in [0.29, 0.717) is 16.9 Å². The van der Waals surface area contributed by atoms with Crippen molar-refractivity contribution < 1.29 is 31.2 Å². The van der Waals surface area contributed by atoms with Crippen molar-refractivity contribution in [3.8, 4) is 0 Å². The van der Waals surface area contributed by atoms with E-state index in [4.69, 9.17) is 4.43 Å². The fraction of sp³-hybridized carbons (Fsp3) is 0.500. The molecule has 24 heavy (non-hydrogen) atoms. The van der Waals surface area contributed by atoms with Crippen LogP contribution in [0.4, 0.5) is 32.4 Å². The highest BCUT2D eigenvalue weighted by Crippen LogP contribution is 2.26. The second kappa shape index (κ2) is 8.43. The van der Waals surface area contributed by atoms with E-state index in [2.05, 4.69) is 5.32 Å². The number of amides is 2. The molecular formula is C14H19F5N2O2Si. The Kier molecular flexibility index (Phi) is 7.15. The van der Waals surface area contributed by atoms with E-state index in [-0.39, 0.29) is 12.1 Å². The molecule has 0 saturated heterocycles. The van der Waals surface area contributed by atoms with Crippen molar-refractivity contribution in [2.75, 3.05) is 11.9 Å². The standard InChI is InChI=1S/C14H19F5N2O2Si/c1-14(2,23-24)5-3-4-6-20-13(22)21-12-10(18)8(16)7(15)9(17)11(12)19/h3-6H2,1-2,24H3,(H2,20,21,22). The Balaban J connectivity index is 2.55. The maximum atomic E-state index is 13.4. The second-order valence-corrected chi connectivity index (χ2v) is 6.15. The van der Waals surface area contributed by atoms with Gasteiger partial charge < -0.3 is 15.1 Å². The summed E-state index contributed by atoms with van der Waals surface area (Å²) in [7, 11) is 0.607. The number of benzene rings is 1. The van der Waals surface area contributed by atoms with Crippen LogP contribution in [0, 0.1) is 29.1 Å². The molecule has 1 rings (SSSR count). The molecule has 0 heterocycles. The Morgan fingerprint density at radius 2 is 1.50 bits per heavy atom. The Bertz CT molecular complexity index is 584. The molecule has 0 aromatic heterocycles. The number of anilines is 1. The lowest BCUT2D eigenvalue weighted by molar-refractivity contribution is 0.109. The molecule has 0 radical (unpaired) electrons. The van der Waals surface area contributed by atoms with Gasteiger partial charge in [0.15, 0.2) is 23.3 Å². The topological polar surface area (TPSA) is 50.4 Å². The van der Waals surface area contributed by atoms with Gasteiger partial charge in [0, 0.05) is 12.1 Å². The molecule has 4 nitrogen and oxygen atoms in total. The van der Waals surface area contributed by atoms with Crippen molar-refractivity contribution in [1.82, 2.24) is 5.32 Å². The highest BCUT2D eigenvalue weighted by Gasteiger charge is 2.26. The number of carbonyl (C=O) groups excluding carboxylic acids is 1. The van der Waals surface area contributed by atoms with Gasteiger partial charge in [0.2, 0.25) is 5.82 Å². The normalized spacial score (nSPS) is 11.6. The summed E-state index contributed by atoms with van der Waals surface area (Å²) >= 11 is 0. The van der Waals surface area contributed by atoms with E-state index in [0.717, 1.165) is 12.8 Å². The van der Waals surface area contributed by atoms with Gasteiger partial charge in [-0.3, -0.25) is 0 Å². The molecule has 0 fully saturated rings. The molecule has 0 aliphatic heterocycles. The van der Waals surface area contributed by atoms with Crippen LogP contribution in [0.2, 0.25) is 0 Å². The SMILES string of the molecule is CC(C)(CCCCNC(=O)Nc1c(F)c(F)c(F)c(F)c1F)O[SiH3]. The molecular weight excluding hydrogens is 351 g/mol. The molecule has 136 valence electrons. The van der Waals surface area contributed by atoms with Crippen LogP contribution in [0.5, 0.6) is 0 Å². The summed E-state index contributed by atoms with van der Waals surface area (Å²) in [5.74, 6) is -10.7. The zero-order valence-corrected chi connectivity index (χ0v) is 15.5. The minimum Gasteiger partial charge on any atom is -0.423 e. The fourth-order valence-corrected chi connectivity index (χ4v) is 2.06. The summed E-state index contributed by atoms with van der Waals surface area (Å²) in [6, 6.07) is -1.06. The molecule has 1 aromatic carbocycles. The molecule has 0 unspecified atom stereocenters. The van der Waals surface area contributed by atoms with Crippen molar-refractivity contribution >= 4 is 22.2 Å². The third-order valence-corrected chi connectivity index (χ3v) is 4.60. The van der Waals surface area contributed by atoms with Gasteiger partial charge in [-0.15, -0.1) is 0 Å². The molecule has 1 aromatic rings. The average molecular weight is 370 g/mol. The van der Waals surface area contributed by atoms with Crippen LogP contribution in [-0.4, -0.2) is 28.7 Å². The molecule has 0 atom stereocenters. The number of halogens is 5. The van der Waals surface area contributed by atoms with Crippen molar-refractivity contribution in [2.24, 2.45) is 0 Å². The first-order valence-corrected chi connectivity index (χ1v) is 8.04. The zero-order chi connectivity index (χ0) is 18.5. The number of hydrogen-bond acceptors (Lipinski definition) is 2. The second-order valence-electron chi connectivity index (χ2n) is 5.75. The molecule has 2 N–H and O–H groups in total. The van der Waals surface area contributed by atoms with Gasteiger partial charge in [-0.25, -0.2) is 26.7 Å². The first-order valence-electron chi connectivity index (χ1n) is 7.22. The third kappa shape index (κ3) is 5.16. The first kappa shape index (κ1) is 20.4. The predicted octanol–water partition coefficient (Wildman–Crippen LogP) is 2.75. The highest BCUT2D eigenvalue weighted by atomic mass is 28.2. The summed E-state index contributed by atoms with van der Waals surface area (Å²) < 4.78 is 71.1. The summed E-state index contributed by atoms with van der Waals surface area (Å²) in [5.41, 5.74) is -1.63. The maximum Gasteiger partial charge on any atom is 0.319 e. The number of rotatable bonds is 7. The maximum absolute atomic E-state index is 13.4. The zero-order valence-electron chi connectivity index (χ0n) is 13.5. The van der Waals surface area contributed by atoms with Gasteiger partial charge >= 0.3 is 6.03 Å². The average Bonchev–Trinajstić information content (AvgIpc) is 2.54. The van der Waals surface area contributed by atoms with E-state index >= 15 is 0 Å². The number of urea groups is 1. The Morgan fingerprint density at radius 3 is 2.00 bits per heavy atom. The van der Waals surface area contributed by atoms with Crippen molar-refractivity contribution in [1.29, 1.82) is 0 Å². The largest absolute Gasteiger partial charge is 0.423 e. The summed E-state index contributed by atoms with van der Waals surface area (Å²) in [6.45, 7) is 4.05. The minimum absolute atomic E-state index is 0.179. The molecule has 0 aliphatic carbocycles. The van der Waals surface area contributed by atoms with Gasteiger partial charge in [0.05, 0.1) is 0 Å². The van der Waals surface area contributed by atoms with Crippen molar-refractivity contribution in [2.45, 2.75) is 38.7 Å². The van der Waals surface area contributed by atoms with Crippen LogP contribution in [0.15, 0.2) is 0 Å². The van der Waals surface area contributed by atoms with E-state index in [1.807, 2.05) is 13.8 Å². The monoisotopic (exact) mass is 370 g/mol. The lowest BCUT2D eigenvalue weighted by atomic mass is 10.0. The lowest BCUT2D eigenvalue weighted by Crippen LogP contribution is -2.31. The molecule has 0 aliphatic rings. The highest BCUT2D eigenvalue weighted by molar-refractivity contribution is 5.98. The molecule has 0 saturated carbocycles. The van der Waals surface area contributed by atoms with Crippen LogP contribution < -0.4 is 10.6 Å². The smallest absolute Gasteiger partial charge is 0.319 e. The van der Waals surface area contributed by atoms with Gasteiger partial charge in [0.25, 0.3) is 0 Å². The molecule has 0 bridgehead atoms. The Morgan fingerprint density at radius 1 is 1.00 bits per heavy atom.